The maximum Gasteiger partial charge on any atom is 0.307 e. The van der Waals surface area contributed by atoms with Gasteiger partial charge in [-0.25, -0.2) is 0 Å². The van der Waals surface area contributed by atoms with Gasteiger partial charge in [0.2, 0.25) is 6.10 Å². The largest absolute Gasteiger partial charge is 0.447 e. The van der Waals surface area contributed by atoms with Gasteiger partial charge in [0, 0.05) is 30.0 Å². The van der Waals surface area contributed by atoms with Crippen molar-refractivity contribution in [2.45, 2.75) is 25.9 Å². The number of ether oxygens (including phenoxy) is 2. The number of carbonyl (C=O) groups excluding carboxylic acids is 3. The third kappa shape index (κ3) is 5.27. The zero-order chi connectivity index (χ0) is 19.9. The number of morpholine rings is 1. The summed E-state index contributed by atoms with van der Waals surface area (Å²) in [6.45, 7) is 3.80. The topological polar surface area (TPSA) is 72.9 Å². The summed E-state index contributed by atoms with van der Waals surface area (Å²) in [5, 5.41) is 0. The van der Waals surface area contributed by atoms with Crippen molar-refractivity contribution in [1.29, 1.82) is 0 Å². The van der Waals surface area contributed by atoms with E-state index in [1.807, 2.05) is 19.1 Å². The molecule has 0 N–H and O–H groups in total. The summed E-state index contributed by atoms with van der Waals surface area (Å²) < 4.78 is 10.8. The van der Waals surface area contributed by atoms with Gasteiger partial charge < -0.3 is 14.4 Å². The maximum absolute atomic E-state index is 12.9. The number of carbonyl (C=O) groups is 3. The molecule has 1 atom stereocenters. The van der Waals surface area contributed by atoms with E-state index in [2.05, 4.69) is 0 Å². The Labute approximate surface area is 168 Å². The molecule has 0 unspecified atom stereocenters. The van der Waals surface area contributed by atoms with Gasteiger partial charge in [0.15, 0.2) is 5.78 Å². The summed E-state index contributed by atoms with van der Waals surface area (Å²) in [7, 11) is 0. The first-order chi connectivity index (χ1) is 13.5. The number of thiophene rings is 1. The van der Waals surface area contributed by atoms with Crippen molar-refractivity contribution in [3.63, 3.8) is 0 Å². The van der Waals surface area contributed by atoms with Crippen LogP contribution >= 0.6 is 11.3 Å². The summed E-state index contributed by atoms with van der Waals surface area (Å²) in [5.74, 6) is -0.911. The Morgan fingerprint density at radius 1 is 1.07 bits per heavy atom. The summed E-state index contributed by atoms with van der Waals surface area (Å²) in [5.41, 5.74) is 0.618. The molecule has 1 aromatic carbocycles. The molecule has 28 heavy (non-hydrogen) atoms. The molecule has 0 saturated carbocycles. The van der Waals surface area contributed by atoms with Gasteiger partial charge in [0.1, 0.15) is 0 Å². The number of rotatable bonds is 7. The summed E-state index contributed by atoms with van der Waals surface area (Å²) >= 11 is 1.41. The first-order valence-corrected chi connectivity index (χ1v) is 10.1. The summed E-state index contributed by atoms with van der Waals surface area (Å²) in [6.07, 6.45) is -1.01. The minimum Gasteiger partial charge on any atom is -0.447 e. The third-order valence-electron chi connectivity index (χ3n) is 4.47. The van der Waals surface area contributed by atoms with Crippen molar-refractivity contribution < 1.29 is 23.9 Å². The number of amides is 1. The Balaban J connectivity index is 1.64. The summed E-state index contributed by atoms with van der Waals surface area (Å²) in [4.78, 5) is 40.9. The fourth-order valence-corrected chi connectivity index (χ4v) is 3.79. The van der Waals surface area contributed by atoms with Gasteiger partial charge in [0.05, 0.1) is 24.5 Å². The SMILES string of the molecule is Cc1ccc(C(=O)CCC(=O)O[C@@H](C(=O)N2CCOCC2)c2ccccc2)s1. The predicted molar refractivity (Wildman–Crippen MR) is 105 cm³/mol. The number of benzene rings is 1. The first-order valence-electron chi connectivity index (χ1n) is 9.25. The van der Waals surface area contributed by atoms with Crippen LogP contribution in [0.2, 0.25) is 0 Å². The van der Waals surface area contributed by atoms with Crippen LogP contribution in [0.3, 0.4) is 0 Å². The van der Waals surface area contributed by atoms with E-state index in [9.17, 15) is 14.4 Å². The zero-order valence-electron chi connectivity index (χ0n) is 15.8. The molecule has 2 aromatic rings. The van der Waals surface area contributed by atoms with Crippen molar-refractivity contribution in [2.75, 3.05) is 26.3 Å². The number of esters is 1. The van der Waals surface area contributed by atoms with Crippen LogP contribution in [0.15, 0.2) is 42.5 Å². The highest BCUT2D eigenvalue weighted by Gasteiger charge is 2.30. The molecule has 6 nitrogen and oxygen atoms in total. The molecule has 3 rings (SSSR count). The van der Waals surface area contributed by atoms with E-state index in [1.54, 1.807) is 35.2 Å². The van der Waals surface area contributed by atoms with Crippen LogP contribution in [0.25, 0.3) is 0 Å². The van der Waals surface area contributed by atoms with E-state index in [4.69, 9.17) is 9.47 Å². The molecule has 0 spiro atoms. The van der Waals surface area contributed by atoms with Crippen LogP contribution < -0.4 is 0 Å². The Kier molecular flexibility index (Phi) is 6.95. The molecule has 0 radical (unpaired) electrons. The van der Waals surface area contributed by atoms with Crippen LogP contribution in [0.4, 0.5) is 0 Å². The van der Waals surface area contributed by atoms with Crippen LogP contribution in [0.1, 0.15) is 39.1 Å². The number of Topliss-reactive ketones (excluding diaryl/α,β-unsaturated/α-hetero) is 1. The molecule has 1 fully saturated rings. The van der Waals surface area contributed by atoms with Gasteiger partial charge in [-0.1, -0.05) is 30.3 Å². The molecule has 1 aliphatic rings. The van der Waals surface area contributed by atoms with Gasteiger partial charge in [-0.05, 0) is 19.1 Å². The molecule has 7 heteroatoms. The Bertz CT molecular complexity index is 826. The molecule has 1 aliphatic heterocycles. The fraction of sp³-hybridized carbons (Fsp3) is 0.381. The molecular weight excluding hydrogens is 378 g/mol. The van der Waals surface area contributed by atoms with E-state index < -0.39 is 12.1 Å². The first kappa shape index (κ1) is 20.2. The zero-order valence-corrected chi connectivity index (χ0v) is 16.6. The number of nitrogens with zero attached hydrogens (tertiary/aromatic N) is 1. The van der Waals surface area contributed by atoms with Crippen molar-refractivity contribution in [1.82, 2.24) is 4.90 Å². The van der Waals surface area contributed by atoms with E-state index in [-0.39, 0.29) is 24.5 Å². The van der Waals surface area contributed by atoms with Crippen molar-refractivity contribution in [2.24, 2.45) is 0 Å². The minimum atomic E-state index is -1.01. The molecule has 2 heterocycles. The number of hydrogen-bond acceptors (Lipinski definition) is 6. The van der Waals surface area contributed by atoms with Crippen molar-refractivity contribution >= 4 is 29.0 Å². The lowest BCUT2D eigenvalue weighted by Gasteiger charge is -2.30. The number of ketones is 1. The molecule has 1 saturated heterocycles. The van der Waals surface area contributed by atoms with Gasteiger partial charge >= 0.3 is 5.97 Å². The monoisotopic (exact) mass is 401 g/mol. The lowest BCUT2D eigenvalue weighted by atomic mass is 10.1. The average molecular weight is 401 g/mol. The normalized spacial score (nSPS) is 15.1. The fourth-order valence-electron chi connectivity index (χ4n) is 2.95. The van der Waals surface area contributed by atoms with Crippen LogP contribution in [0, 0.1) is 6.92 Å². The van der Waals surface area contributed by atoms with E-state index >= 15 is 0 Å². The minimum absolute atomic E-state index is 0.0600. The van der Waals surface area contributed by atoms with Crippen LogP contribution in [0.5, 0.6) is 0 Å². The van der Waals surface area contributed by atoms with E-state index in [0.717, 1.165) is 4.88 Å². The average Bonchev–Trinajstić information content (AvgIpc) is 3.17. The number of hydrogen-bond donors (Lipinski definition) is 0. The Hall–Kier alpha value is -2.51. The smallest absolute Gasteiger partial charge is 0.307 e. The molecule has 0 aliphatic carbocycles. The van der Waals surface area contributed by atoms with Crippen LogP contribution in [-0.4, -0.2) is 48.9 Å². The molecule has 148 valence electrons. The second-order valence-corrected chi connectivity index (χ2v) is 7.84. The second-order valence-electron chi connectivity index (χ2n) is 6.55. The molecule has 1 amide bonds. The quantitative estimate of drug-likeness (QED) is 0.526. The van der Waals surface area contributed by atoms with Gasteiger partial charge in [-0.2, -0.15) is 0 Å². The highest BCUT2D eigenvalue weighted by atomic mass is 32.1. The number of aryl methyl sites for hydroxylation is 1. The van der Waals surface area contributed by atoms with E-state index in [0.29, 0.717) is 36.7 Å². The van der Waals surface area contributed by atoms with Gasteiger partial charge in [-0.15, -0.1) is 11.3 Å². The lowest BCUT2D eigenvalue weighted by Crippen LogP contribution is -2.44. The highest BCUT2D eigenvalue weighted by molar-refractivity contribution is 7.14. The highest BCUT2D eigenvalue weighted by Crippen LogP contribution is 2.23. The van der Waals surface area contributed by atoms with Crippen molar-refractivity contribution in [3.8, 4) is 0 Å². The lowest BCUT2D eigenvalue weighted by molar-refractivity contribution is -0.162. The Morgan fingerprint density at radius 2 is 1.79 bits per heavy atom. The molecular formula is C21H23NO5S. The molecule has 1 aromatic heterocycles. The predicted octanol–water partition coefficient (Wildman–Crippen LogP) is 3.16. The second kappa shape index (κ2) is 9.61. The van der Waals surface area contributed by atoms with Crippen LogP contribution in [-0.2, 0) is 19.1 Å². The maximum atomic E-state index is 12.9. The third-order valence-corrected chi connectivity index (χ3v) is 5.51. The standard InChI is InChI=1S/C21H23NO5S/c1-15-7-9-18(28-15)17(23)8-10-19(24)27-20(16-5-3-2-4-6-16)21(25)22-11-13-26-14-12-22/h2-7,9,20H,8,10-14H2,1H3/t20-/m1/s1. The summed E-state index contributed by atoms with van der Waals surface area (Å²) in [6, 6.07) is 12.6. The van der Waals surface area contributed by atoms with E-state index in [1.165, 1.54) is 11.3 Å². The Morgan fingerprint density at radius 3 is 2.43 bits per heavy atom. The van der Waals surface area contributed by atoms with Gasteiger partial charge in [-0.3, -0.25) is 14.4 Å². The molecule has 0 bridgehead atoms. The van der Waals surface area contributed by atoms with Gasteiger partial charge in [0.25, 0.3) is 5.91 Å². The van der Waals surface area contributed by atoms with Crippen molar-refractivity contribution in [3.05, 3.63) is 57.8 Å².